The topological polar surface area (TPSA) is 67.2 Å². The van der Waals surface area contributed by atoms with Crippen LogP contribution in [0.15, 0.2) is 66.7 Å². The third kappa shape index (κ3) is 5.27. The molecule has 4 N–H and O–H groups in total. The Kier molecular flexibility index (Phi) is 6.73. The van der Waals surface area contributed by atoms with E-state index in [9.17, 15) is 9.18 Å². The SMILES string of the molecule is CC[C@@H](NC(=O)c1ccc(NCc2ccc(Cl)cc2F)c(N)c1)c1ccccc1. The lowest BCUT2D eigenvalue weighted by Crippen LogP contribution is -2.28. The second-order valence-electron chi connectivity index (χ2n) is 6.74. The van der Waals surface area contributed by atoms with Crippen LogP contribution >= 0.6 is 11.6 Å². The van der Waals surface area contributed by atoms with Crippen molar-refractivity contribution in [3.63, 3.8) is 0 Å². The Morgan fingerprint density at radius 2 is 1.86 bits per heavy atom. The summed E-state index contributed by atoms with van der Waals surface area (Å²) in [6.07, 6.45) is 0.775. The van der Waals surface area contributed by atoms with E-state index in [4.69, 9.17) is 17.3 Å². The van der Waals surface area contributed by atoms with Crippen molar-refractivity contribution in [2.24, 2.45) is 0 Å². The minimum absolute atomic E-state index is 0.0735. The fraction of sp³-hybridized carbons (Fsp3) is 0.174. The number of nitrogen functional groups attached to an aromatic ring is 1. The Balaban J connectivity index is 1.67. The van der Waals surface area contributed by atoms with Gasteiger partial charge in [0.05, 0.1) is 17.4 Å². The van der Waals surface area contributed by atoms with Crippen LogP contribution < -0.4 is 16.4 Å². The van der Waals surface area contributed by atoms with Crippen LogP contribution in [0.4, 0.5) is 15.8 Å². The smallest absolute Gasteiger partial charge is 0.251 e. The summed E-state index contributed by atoms with van der Waals surface area (Å²) < 4.78 is 13.9. The summed E-state index contributed by atoms with van der Waals surface area (Å²) in [4.78, 5) is 12.7. The van der Waals surface area contributed by atoms with Gasteiger partial charge in [0, 0.05) is 22.7 Å². The highest BCUT2D eigenvalue weighted by atomic mass is 35.5. The molecule has 0 spiro atoms. The van der Waals surface area contributed by atoms with E-state index in [0.29, 0.717) is 27.5 Å². The first-order valence-electron chi connectivity index (χ1n) is 9.41. The average Bonchev–Trinajstić information content (AvgIpc) is 2.72. The van der Waals surface area contributed by atoms with E-state index in [1.807, 2.05) is 37.3 Å². The number of carbonyl (C=O) groups is 1. The number of halogens is 2. The van der Waals surface area contributed by atoms with Crippen molar-refractivity contribution in [1.82, 2.24) is 5.32 Å². The monoisotopic (exact) mass is 411 g/mol. The Morgan fingerprint density at radius 1 is 1.10 bits per heavy atom. The second kappa shape index (κ2) is 9.43. The highest BCUT2D eigenvalue weighted by Gasteiger charge is 2.15. The van der Waals surface area contributed by atoms with Crippen molar-refractivity contribution in [1.29, 1.82) is 0 Å². The van der Waals surface area contributed by atoms with Crippen LogP contribution in [0.5, 0.6) is 0 Å². The number of hydrogen-bond acceptors (Lipinski definition) is 3. The molecule has 3 aromatic carbocycles. The largest absolute Gasteiger partial charge is 0.397 e. The van der Waals surface area contributed by atoms with Crippen LogP contribution in [0, 0.1) is 5.82 Å². The van der Waals surface area contributed by atoms with Crippen LogP contribution in [-0.4, -0.2) is 5.91 Å². The Morgan fingerprint density at radius 3 is 2.52 bits per heavy atom. The molecule has 1 atom stereocenters. The maximum absolute atomic E-state index is 13.9. The predicted octanol–water partition coefficient (Wildman–Crippen LogP) is 5.55. The maximum Gasteiger partial charge on any atom is 0.251 e. The summed E-state index contributed by atoms with van der Waals surface area (Å²) in [5.74, 6) is -0.575. The molecular weight excluding hydrogens is 389 g/mol. The van der Waals surface area contributed by atoms with Crippen molar-refractivity contribution >= 4 is 28.9 Å². The number of rotatable bonds is 7. The summed E-state index contributed by atoms with van der Waals surface area (Å²) in [6.45, 7) is 2.28. The first-order valence-corrected chi connectivity index (χ1v) is 9.79. The normalized spacial score (nSPS) is 11.7. The molecule has 0 heterocycles. The molecular formula is C23H23ClFN3O. The van der Waals surface area contributed by atoms with Gasteiger partial charge in [-0.15, -0.1) is 0 Å². The molecule has 1 amide bonds. The molecule has 0 unspecified atom stereocenters. The number of nitrogens with two attached hydrogens (primary N) is 1. The van der Waals surface area contributed by atoms with Crippen LogP contribution in [-0.2, 0) is 6.54 Å². The van der Waals surface area contributed by atoms with E-state index in [1.54, 1.807) is 30.3 Å². The van der Waals surface area contributed by atoms with Gasteiger partial charge in [-0.2, -0.15) is 0 Å². The standard InChI is InChI=1S/C23H23ClFN3O/c1-2-21(15-6-4-3-5-7-15)28-23(29)16-9-11-22(20(26)12-16)27-14-17-8-10-18(24)13-19(17)25/h3-13,21,27H,2,14,26H2,1H3,(H,28,29)/t21-/m1/s1. The second-order valence-corrected chi connectivity index (χ2v) is 7.17. The Bertz CT molecular complexity index is 995. The lowest BCUT2D eigenvalue weighted by Gasteiger charge is -2.18. The highest BCUT2D eigenvalue weighted by Crippen LogP contribution is 2.23. The summed E-state index contributed by atoms with van der Waals surface area (Å²) in [7, 11) is 0. The minimum atomic E-state index is -0.383. The van der Waals surface area contributed by atoms with E-state index in [0.717, 1.165) is 12.0 Å². The summed E-state index contributed by atoms with van der Waals surface area (Å²) in [5, 5.41) is 6.48. The first kappa shape index (κ1) is 20.7. The number of benzene rings is 3. The maximum atomic E-state index is 13.9. The van der Waals surface area contributed by atoms with Gasteiger partial charge in [0.1, 0.15) is 5.82 Å². The lowest BCUT2D eigenvalue weighted by molar-refractivity contribution is 0.0935. The molecule has 0 saturated carbocycles. The quantitative estimate of drug-likeness (QED) is 0.446. The number of nitrogens with one attached hydrogen (secondary N) is 2. The molecule has 150 valence electrons. The Labute approximate surface area is 174 Å². The number of hydrogen-bond donors (Lipinski definition) is 3. The average molecular weight is 412 g/mol. The van der Waals surface area contributed by atoms with Gasteiger partial charge in [0.25, 0.3) is 5.91 Å². The molecule has 0 aliphatic carbocycles. The van der Waals surface area contributed by atoms with Gasteiger partial charge in [-0.1, -0.05) is 54.9 Å². The van der Waals surface area contributed by atoms with Crippen molar-refractivity contribution in [3.05, 3.63) is 94.3 Å². The van der Waals surface area contributed by atoms with Crippen molar-refractivity contribution < 1.29 is 9.18 Å². The Hall–Kier alpha value is -3.05. The van der Waals surface area contributed by atoms with E-state index in [-0.39, 0.29) is 24.3 Å². The number of carbonyl (C=O) groups excluding carboxylic acids is 1. The molecule has 0 saturated heterocycles. The van der Waals surface area contributed by atoms with Gasteiger partial charge in [-0.25, -0.2) is 4.39 Å². The summed E-state index contributed by atoms with van der Waals surface area (Å²) in [6, 6.07) is 19.3. The van der Waals surface area contributed by atoms with Crippen molar-refractivity contribution in [2.75, 3.05) is 11.1 Å². The zero-order chi connectivity index (χ0) is 20.8. The zero-order valence-electron chi connectivity index (χ0n) is 16.1. The van der Waals surface area contributed by atoms with E-state index in [1.165, 1.54) is 6.07 Å². The van der Waals surface area contributed by atoms with Crippen LogP contribution in [0.1, 0.15) is 40.9 Å². The minimum Gasteiger partial charge on any atom is -0.397 e. The van der Waals surface area contributed by atoms with Gasteiger partial charge in [-0.05, 0) is 42.3 Å². The molecule has 4 nitrogen and oxygen atoms in total. The van der Waals surface area contributed by atoms with Gasteiger partial charge >= 0.3 is 0 Å². The van der Waals surface area contributed by atoms with E-state index < -0.39 is 0 Å². The molecule has 0 radical (unpaired) electrons. The van der Waals surface area contributed by atoms with Crippen LogP contribution in [0.2, 0.25) is 5.02 Å². The van der Waals surface area contributed by atoms with E-state index in [2.05, 4.69) is 10.6 Å². The molecule has 0 bridgehead atoms. The predicted molar refractivity (Wildman–Crippen MR) is 117 cm³/mol. The summed E-state index contributed by atoms with van der Waals surface area (Å²) in [5.41, 5.74) is 9.15. The number of anilines is 2. The number of amides is 1. The van der Waals surface area contributed by atoms with Crippen LogP contribution in [0.3, 0.4) is 0 Å². The first-order chi connectivity index (χ1) is 14.0. The van der Waals surface area contributed by atoms with Crippen LogP contribution in [0.25, 0.3) is 0 Å². The highest BCUT2D eigenvalue weighted by molar-refractivity contribution is 6.30. The molecule has 3 rings (SSSR count). The van der Waals surface area contributed by atoms with Gasteiger partial charge in [-0.3, -0.25) is 4.79 Å². The van der Waals surface area contributed by atoms with Crippen molar-refractivity contribution in [2.45, 2.75) is 25.9 Å². The molecule has 0 fully saturated rings. The molecule has 29 heavy (non-hydrogen) atoms. The molecule has 6 heteroatoms. The fourth-order valence-corrected chi connectivity index (χ4v) is 3.23. The van der Waals surface area contributed by atoms with Gasteiger partial charge in [0.2, 0.25) is 0 Å². The summed E-state index contributed by atoms with van der Waals surface area (Å²) >= 11 is 5.77. The van der Waals surface area contributed by atoms with Gasteiger partial charge in [0.15, 0.2) is 0 Å². The molecule has 0 aliphatic heterocycles. The molecule has 0 aromatic heterocycles. The molecule has 0 aliphatic rings. The fourth-order valence-electron chi connectivity index (χ4n) is 3.07. The lowest BCUT2D eigenvalue weighted by atomic mass is 10.0. The van der Waals surface area contributed by atoms with Gasteiger partial charge < -0.3 is 16.4 Å². The van der Waals surface area contributed by atoms with E-state index >= 15 is 0 Å². The molecule has 3 aromatic rings. The third-order valence-corrected chi connectivity index (χ3v) is 4.95. The zero-order valence-corrected chi connectivity index (χ0v) is 16.8. The third-order valence-electron chi connectivity index (χ3n) is 4.71. The van der Waals surface area contributed by atoms with Crippen molar-refractivity contribution in [3.8, 4) is 0 Å².